The van der Waals surface area contributed by atoms with Crippen LogP contribution in [-0.2, 0) is 0 Å². The lowest BCUT2D eigenvalue weighted by Crippen LogP contribution is -2.52. The number of benzene rings is 11. The summed E-state index contributed by atoms with van der Waals surface area (Å²) in [5.74, 6) is 1.74. The number of nitrogens with zero attached hydrogens (tertiary/aromatic N) is 1. The van der Waals surface area contributed by atoms with Gasteiger partial charge < -0.3 is 9.64 Å². The molecule has 0 fully saturated rings. The Balaban J connectivity index is 1.06. The summed E-state index contributed by atoms with van der Waals surface area (Å²) in [5.41, 5.74) is 9.47. The van der Waals surface area contributed by atoms with Crippen molar-refractivity contribution >= 4 is 107 Å². The molecule has 0 unspecified atom stereocenters. The molecule has 12 rings (SSSR count). The van der Waals surface area contributed by atoms with Gasteiger partial charge in [0.1, 0.15) is 11.5 Å². The first-order valence-corrected chi connectivity index (χ1v) is 25.5. The first-order chi connectivity index (χ1) is 30.9. The van der Waals surface area contributed by atoms with E-state index in [1.807, 2.05) is 0 Å². The molecular formula is C59H44BNOSi. The fraction of sp³-hybridized carbons (Fsp3) is 0.0508. The molecule has 2 nitrogen and oxygen atoms in total. The molecule has 63 heavy (non-hydrogen) atoms. The maximum absolute atomic E-state index is 7.03. The normalized spacial score (nSPS) is 12.2. The van der Waals surface area contributed by atoms with Crippen LogP contribution >= 0.6 is 0 Å². The first-order valence-electron chi connectivity index (χ1n) is 22.0. The van der Waals surface area contributed by atoms with Gasteiger partial charge in [-0.2, -0.15) is 0 Å². The second-order valence-electron chi connectivity index (χ2n) is 18.1. The lowest BCUT2D eigenvalue weighted by Gasteiger charge is -2.29. The lowest BCUT2D eigenvalue weighted by molar-refractivity contribution is 0.487. The molecule has 1 aliphatic heterocycles. The van der Waals surface area contributed by atoms with Crippen LogP contribution in [0.5, 0.6) is 11.5 Å². The van der Waals surface area contributed by atoms with Crippen molar-refractivity contribution in [2.24, 2.45) is 0 Å². The van der Waals surface area contributed by atoms with Gasteiger partial charge in [-0.1, -0.05) is 199 Å². The summed E-state index contributed by atoms with van der Waals surface area (Å²) >= 11 is 0. The number of hydrogen-bond acceptors (Lipinski definition) is 2. The highest BCUT2D eigenvalue weighted by Crippen LogP contribution is 2.51. The topological polar surface area (TPSA) is 12.5 Å². The van der Waals surface area contributed by atoms with Crippen molar-refractivity contribution < 1.29 is 4.74 Å². The molecule has 0 aliphatic carbocycles. The minimum atomic E-state index is -1.49. The molecule has 298 valence electrons. The summed E-state index contributed by atoms with van der Waals surface area (Å²) < 4.78 is 7.03. The highest BCUT2D eigenvalue weighted by Gasteiger charge is 2.29. The quantitative estimate of drug-likeness (QED) is 0.117. The van der Waals surface area contributed by atoms with E-state index in [2.05, 4.69) is 237 Å². The van der Waals surface area contributed by atoms with E-state index in [1.54, 1.807) is 0 Å². The lowest BCUT2D eigenvalue weighted by atomic mass is 9.35. The van der Waals surface area contributed by atoms with Crippen LogP contribution in [0, 0.1) is 0 Å². The highest BCUT2D eigenvalue weighted by atomic mass is 28.3. The molecule has 1 aliphatic rings. The maximum atomic E-state index is 7.03. The average molecular weight is 822 g/mol. The molecular weight excluding hydrogens is 778 g/mol. The van der Waals surface area contributed by atoms with Crippen LogP contribution in [0.2, 0.25) is 19.6 Å². The molecule has 11 aromatic rings. The molecule has 0 amide bonds. The SMILES string of the molecule is C[Si](C)(C)c1ccc(N(c2ccc3c(c2)Oc2cccc4c2c-3cc2c3ccccc3c(B(c3ccccc3)c3cccc5ccccc35)cc42)c2ccc3ccccc3c2)cc1. The standard InChI is InChI=1S/C59H44BNOSi/c1-63(2,3)46-32-29-43(30-33-46)61(44-28-27-39-15-7-8-17-41(39)35-44)45-31-34-50-54-37-52-48-22-11-12-23-49(48)56(38-53(52)51-24-14-26-57(59(51)54)62-58(50)36-45)60(42-19-5-4-6-20-42)55-25-13-18-40-16-9-10-21-47(40)55/h4-38H,1-3H3. The molecule has 0 N–H and O–H groups in total. The maximum Gasteiger partial charge on any atom is 0.242 e. The van der Waals surface area contributed by atoms with Crippen molar-refractivity contribution in [2.75, 3.05) is 4.90 Å². The second kappa shape index (κ2) is 14.6. The van der Waals surface area contributed by atoms with Crippen molar-refractivity contribution in [3.8, 4) is 22.6 Å². The van der Waals surface area contributed by atoms with E-state index in [0.29, 0.717) is 0 Å². The van der Waals surface area contributed by atoms with E-state index in [-0.39, 0.29) is 6.71 Å². The Hall–Kier alpha value is -7.40. The summed E-state index contributed by atoms with van der Waals surface area (Å²) in [6, 6.07) is 78.4. The molecule has 0 spiro atoms. The van der Waals surface area contributed by atoms with Gasteiger partial charge in [-0.05, 0) is 103 Å². The monoisotopic (exact) mass is 821 g/mol. The number of hydrogen-bond donors (Lipinski definition) is 0. The van der Waals surface area contributed by atoms with Crippen LogP contribution in [0.4, 0.5) is 17.1 Å². The van der Waals surface area contributed by atoms with Gasteiger partial charge >= 0.3 is 0 Å². The first kappa shape index (κ1) is 37.4. The summed E-state index contributed by atoms with van der Waals surface area (Å²) in [4.78, 5) is 2.37. The smallest absolute Gasteiger partial charge is 0.242 e. The molecule has 0 saturated heterocycles. The Morgan fingerprint density at radius 2 is 1.00 bits per heavy atom. The Morgan fingerprint density at radius 1 is 0.381 bits per heavy atom. The van der Waals surface area contributed by atoms with Crippen LogP contribution in [0.1, 0.15) is 0 Å². The van der Waals surface area contributed by atoms with Crippen LogP contribution in [-0.4, -0.2) is 14.8 Å². The molecule has 0 aromatic heterocycles. The van der Waals surface area contributed by atoms with Crippen molar-refractivity contribution in [1.29, 1.82) is 0 Å². The Labute approximate surface area is 369 Å². The van der Waals surface area contributed by atoms with Gasteiger partial charge in [-0.25, -0.2) is 0 Å². The summed E-state index contributed by atoms with van der Waals surface area (Å²) in [6.45, 7) is 7.23. The number of fused-ring (bicyclic) bond motifs is 8. The fourth-order valence-electron chi connectivity index (χ4n) is 10.2. The van der Waals surface area contributed by atoms with E-state index in [1.165, 1.54) is 75.6 Å². The molecule has 0 saturated carbocycles. The number of rotatable bonds is 7. The van der Waals surface area contributed by atoms with Gasteiger partial charge in [-0.3, -0.25) is 0 Å². The van der Waals surface area contributed by atoms with Gasteiger partial charge in [0.25, 0.3) is 0 Å². The van der Waals surface area contributed by atoms with Gasteiger partial charge in [-0.15, -0.1) is 0 Å². The van der Waals surface area contributed by atoms with E-state index < -0.39 is 8.07 Å². The highest BCUT2D eigenvalue weighted by molar-refractivity contribution is 6.98. The predicted octanol–water partition coefficient (Wildman–Crippen LogP) is 13.8. The minimum Gasteiger partial charge on any atom is -0.456 e. The van der Waals surface area contributed by atoms with Crippen molar-refractivity contribution in [3.05, 3.63) is 212 Å². The van der Waals surface area contributed by atoms with Gasteiger partial charge in [0, 0.05) is 34.1 Å². The molecule has 0 atom stereocenters. The molecule has 4 heteroatoms. The third-order valence-electron chi connectivity index (χ3n) is 13.3. The predicted molar refractivity (Wildman–Crippen MR) is 275 cm³/mol. The zero-order chi connectivity index (χ0) is 42.2. The van der Waals surface area contributed by atoms with Crippen LogP contribution in [0.15, 0.2) is 212 Å². The average Bonchev–Trinajstić information content (AvgIpc) is 3.32. The molecule has 1 heterocycles. The molecule has 0 bridgehead atoms. The van der Waals surface area contributed by atoms with Gasteiger partial charge in [0.05, 0.1) is 8.07 Å². The van der Waals surface area contributed by atoms with Crippen molar-refractivity contribution in [2.45, 2.75) is 19.6 Å². The van der Waals surface area contributed by atoms with Gasteiger partial charge in [0.15, 0.2) is 0 Å². The Kier molecular flexibility index (Phi) is 8.67. The Bertz CT molecular complexity index is 3590. The molecule has 0 radical (unpaired) electrons. The zero-order valence-corrected chi connectivity index (χ0v) is 36.6. The second-order valence-corrected chi connectivity index (χ2v) is 23.1. The van der Waals surface area contributed by atoms with E-state index in [9.17, 15) is 0 Å². The molecule has 11 aromatic carbocycles. The number of ether oxygens (including phenoxy) is 1. The van der Waals surface area contributed by atoms with Crippen molar-refractivity contribution in [1.82, 2.24) is 0 Å². The zero-order valence-electron chi connectivity index (χ0n) is 35.6. The third-order valence-corrected chi connectivity index (χ3v) is 15.4. The van der Waals surface area contributed by atoms with E-state index in [4.69, 9.17) is 4.74 Å². The van der Waals surface area contributed by atoms with Crippen LogP contribution in [0.25, 0.3) is 65.0 Å². The van der Waals surface area contributed by atoms with Gasteiger partial charge in [0.2, 0.25) is 6.71 Å². The minimum absolute atomic E-state index is 0.0186. The summed E-state index contributed by atoms with van der Waals surface area (Å²) in [6.07, 6.45) is 0. The number of anilines is 3. The van der Waals surface area contributed by atoms with E-state index in [0.717, 1.165) is 39.5 Å². The fourth-order valence-corrected chi connectivity index (χ4v) is 11.4. The van der Waals surface area contributed by atoms with Crippen molar-refractivity contribution in [3.63, 3.8) is 0 Å². The summed E-state index contributed by atoms with van der Waals surface area (Å²) in [5, 5.41) is 13.8. The van der Waals surface area contributed by atoms with Crippen LogP contribution in [0.3, 0.4) is 0 Å². The largest absolute Gasteiger partial charge is 0.456 e. The van der Waals surface area contributed by atoms with Crippen LogP contribution < -0.4 is 31.2 Å². The van der Waals surface area contributed by atoms with E-state index >= 15 is 0 Å². The summed E-state index contributed by atoms with van der Waals surface area (Å²) in [7, 11) is -1.49. The third kappa shape index (κ3) is 6.24. The Morgan fingerprint density at radius 3 is 1.81 bits per heavy atom.